The smallest absolute Gasteiger partial charge is 0.276 e. The van der Waals surface area contributed by atoms with Crippen molar-refractivity contribution < 1.29 is 19.6 Å². The molecule has 1 aliphatic rings. The molecule has 0 aromatic heterocycles. The number of rotatable bonds is 4. The number of nitro benzene ring substituents is 1. The fourth-order valence-electron chi connectivity index (χ4n) is 3.21. The number of hydrogen-bond acceptors (Lipinski definition) is 6. The number of hydrazine groups is 1. The summed E-state index contributed by atoms with van der Waals surface area (Å²) in [6, 6.07) is 18.3. The van der Waals surface area contributed by atoms with Crippen molar-refractivity contribution in [2.45, 2.75) is 6.17 Å². The second kappa shape index (κ2) is 7.55. The highest BCUT2D eigenvalue weighted by atomic mass is 16.6. The lowest BCUT2D eigenvalue weighted by Crippen LogP contribution is -2.52. The average Bonchev–Trinajstić information content (AvgIpc) is 2.75. The van der Waals surface area contributed by atoms with Crippen LogP contribution in [0.3, 0.4) is 0 Å². The molecule has 1 atom stereocenters. The van der Waals surface area contributed by atoms with Crippen molar-refractivity contribution >= 4 is 23.2 Å². The molecular formula is C21H16N4O5. The minimum Gasteiger partial charge on any atom is -0.508 e. The summed E-state index contributed by atoms with van der Waals surface area (Å²) in [5.74, 6) is -1.03. The highest BCUT2D eigenvalue weighted by Crippen LogP contribution is 2.33. The Kier molecular flexibility index (Phi) is 4.77. The monoisotopic (exact) mass is 404 g/mol. The van der Waals surface area contributed by atoms with Crippen LogP contribution in [0.5, 0.6) is 5.75 Å². The van der Waals surface area contributed by atoms with Crippen molar-refractivity contribution in [3.8, 4) is 5.75 Å². The Morgan fingerprint density at radius 3 is 2.50 bits per heavy atom. The number of aromatic hydroxyl groups is 1. The van der Waals surface area contributed by atoms with Crippen LogP contribution in [-0.4, -0.2) is 26.9 Å². The van der Waals surface area contributed by atoms with E-state index < -0.39 is 22.9 Å². The molecule has 9 heteroatoms. The molecule has 3 N–H and O–H groups in total. The first-order valence-corrected chi connectivity index (χ1v) is 8.97. The van der Waals surface area contributed by atoms with Crippen molar-refractivity contribution in [3.63, 3.8) is 0 Å². The molecule has 1 aliphatic heterocycles. The van der Waals surface area contributed by atoms with E-state index in [1.54, 1.807) is 36.4 Å². The van der Waals surface area contributed by atoms with Gasteiger partial charge in [0.1, 0.15) is 11.9 Å². The molecule has 0 unspecified atom stereocenters. The maximum atomic E-state index is 13.1. The summed E-state index contributed by atoms with van der Waals surface area (Å²) in [7, 11) is 0. The number of anilines is 1. The summed E-state index contributed by atoms with van der Waals surface area (Å²) in [6.45, 7) is 0. The minimum absolute atomic E-state index is 0.0160. The van der Waals surface area contributed by atoms with E-state index in [1.807, 2.05) is 0 Å². The summed E-state index contributed by atoms with van der Waals surface area (Å²) in [5.41, 5.74) is 4.11. The molecule has 0 fully saturated rings. The quantitative estimate of drug-likeness (QED) is 0.453. The van der Waals surface area contributed by atoms with Crippen LogP contribution in [0.4, 0.5) is 11.4 Å². The maximum absolute atomic E-state index is 13.1. The molecule has 3 aromatic carbocycles. The number of nitrogens with one attached hydrogen (secondary N) is 2. The second-order valence-electron chi connectivity index (χ2n) is 6.61. The molecule has 0 aliphatic carbocycles. The molecule has 0 saturated heterocycles. The number of phenols is 1. The van der Waals surface area contributed by atoms with Crippen molar-refractivity contribution in [3.05, 3.63) is 99.6 Å². The number of fused-ring (bicyclic) bond motifs is 1. The van der Waals surface area contributed by atoms with Gasteiger partial charge >= 0.3 is 0 Å². The van der Waals surface area contributed by atoms with Crippen molar-refractivity contribution in [1.29, 1.82) is 0 Å². The molecule has 4 rings (SSSR count). The van der Waals surface area contributed by atoms with Crippen molar-refractivity contribution in [2.75, 3.05) is 5.32 Å². The summed E-state index contributed by atoms with van der Waals surface area (Å²) in [5, 5.41) is 25.0. The number of nitro groups is 1. The number of phenolic OH excluding ortho intramolecular Hbond substituents is 1. The molecule has 150 valence electrons. The normalized spacial score (nSPS) is 15.1. The highest BCUT2D eigenvalue weighted by molar-refractivity contribution is 6.04. The third kappa shape index (κ3) is 3.51. The molecule has 3 aromatic rings. The molecule has 9 nitrogen and oxygen atoms in total. The van der Waals surface area contributed by atoms with E-state index in [2.05, 4.69) is 10.7 Å². The standard InChI is InChI=1S/C21H16N4O5/c26-16-5-3-4-14(12-16)19-22-18-7-2-1-6-17(18)21(28)24(19)23-20(27)13-8-10-15(11-9-13)25(29)30/h1-12,19,22,26H,(H,23,27)/t19-/m0/s1. The Morgan fingerprint density at radius 2 is 1.80 bits per heavy atom. The maximum Gasteiger partial charge on any atom is 0.276 e. The van der Waals surface area contributed by atoms with Crippen LogP contribution in [0.1, 0.15) is 32.4 Å². The van der Waals surface area contributed by atoms with Gasteiger partial charge in [-0.2, -0.15) is 0 Å². The van der Waals surface area contributed by atoms with Crippen LogP contribution in [0, 0.1) is 10.1 Å². The van der Waals surface area contributed by atoms with Crippen molar-refractivity contribution in [1.82, 2.24) is 10.4 Å². The Bertz CT molecular complexity index is 1150. The Balaban J connectivity index is 1.68. The molecule has 0 bridgehead atoms. The molecule has 1 heterocycles. The van der Waals surface area contributed by atoms with E-state index in [-0.39, 0.29) is 17.0 Å². The van der Waals surface area contributed by atoms with Gasteiger partial charge in [-0.15, -0.1) is 0 Å². The van der Waals surface area contributed by atoms with Crippen LogP contribution in [-0.2, 0) is 0 Å². The van der Waals surface area contributed by atoms with Gasteiger partial charge in [-0.05, 0) is 36.4 Å². The Hall–Kier alpha value is -4.40. The minimum atomic E-state index is -0.776. The number of hydrogen-bond donors (Lipinski definition) is 3. The van der Waals surface area contributed by atoms with E-state index in [1.165, 1.54) is 36.4 Å². The van der Waals surface area contributed by atoms with Gasteiger partial charge in [-0.25, -0.2) is 5.01 Å². The van der Waals surface area contributed by atoms with Gasteiger partial charge in [0.2, 0.25) is 0 Å². The van der Waals surface area contributed by atoms with Gasteiger partial charge in [0.25, 0.3) is 17.5 Å². The largest absolute Gasteiger partial charge is 0.508 e. The molecule has 2 amide bonds. The zero-order valence-electron chi connectivity index (χ0n) is 15.5. The molecular weight excluding hydrogens is 388 g/mol. The molecule has 0 saturated carbocycles. The highest BCUT2D eigenvalue weighted by Gasteiger charge is 2.34. The fourth-order valence-corrected chi connectivity index (χ4v) is 3.21. The predicted molar refractivity (Wildman–Crippen MR) is 108 cm³/mol. The van der Waals surface area contributed by atoms with E-state index in [4.69, 9.17) is 0 Å². The average molecular weight is 404 g/mol. The number of benzene rings is 3. The summed E-state index contributed by atoms with van der Waals surface area (Å²) in [4.78, 5) is 36.1. The molecule has 0 radical (unpaired) electrons. The van der Waals surface area contributed by atoms with Crippen LogP contribution in [0.25, 0.3) is 0 Å². The van der Waals surface area contributed by atoms with Gasteiger partial charge in [0.05, 0.1) is 10.5 Å². The van der Waals surface area contributed by atoms with Gasteiger partial charge in [0, 0.05) is 28.9 Å². The van der Waals surface area contributed by atoms with Crippen molar-refractivity contribution in [2.24, 2.45) is 0 Å². The first-order chi connectivity index (χ1) is 14.4. The summed E-state index contributed by atoms with van der Waals surface area (Å²) in [6.07, 6.45) is -0.776. The van der Waals surface area contributed by atoms with E-state index in [0.29, 0.717) is 16.8 Å². The zero-order chi connectivity index (χ0) is 21.3. The topological polar surface area (TPSA) is 125 Å². The van der Waals surface area contributed by atoms with Crippen LogP contribution >= 0.6 is 0 Å². The Labute approximate surface area is 170 Å². The third-order valence-corrected chi connectivity index (χ3v) is 4.67. The van der Waals surface area contributed by atoms with Crippen LogP contribution < -0.4 is 10.7 Å². The number of nitrogens with zero attached hydrogens (tertiary/aromatic N) is 2. The lowest BCUT2D eigenvalue weighted by molar-refractivity contribution is -0.384. The van der Waals surface area contributed by atoms with Gasteiger partial charge < -0.3 is 10.4 Å². The van der Waals surface area contributed by atoms with E-state index in [9.17, 15) is 24.8 Å². The first kappa shape index (κ1) is 18.9. The summed E-state index contributed by atoms with van der Waals surface area (Å²) < 4.78 is 0. The summed E-state index contributed by atoms with van der Waals surface area (Å²) >= 11 is 0. The van der Waals surface area contributed by atoms with Gasteiger partial charge in [-0.1, -0.05) is 24.3 Å². The number of carbonyl (C=O) groups excluding carboxylic acids is 2. The predicted octanol–water partition coefficient (Wildman–Crippen LogP) is 3.21. The number of carbonyl (C=O) groups is 2. The number of para-hydroxylation sites is 1. The number of non-ortho nitro benzene ring substituents is 1. The third-order valence-electron chi connectivity index (χ3n) is 4.67. The van der Waals surface area contributed by atoms with Crippen LogP contribution in [0.2, 0.25) is 0 Å². The second-order valence-corrected chi connectivity index (χ2v) is 6.61. The Morgan fingerprint density at radius 1 is 1.07 bits per heavy atom. The molecule has 30 heavy (non-hydrogen) atoms. The van der Waals surface area contributed by atoms with E-state index in [0.717, 1.165) is 5.01 Å². The number of amides is 2. The van der Waals surface area contributed by atoms with Gasteiger partial charge in [-0.3, -0.25) is 25.1 Å². The zero-order valence-corrected chi connectivity index (χ0v) is 15.5. The SMILES string of the molecule is O=C(NN1C(=O)c2ccccc2N[C@@H]1c1cccc(O)c1)c1ccc([N+](=O)[O-])cc1. The molecule has 0 spiro atoms. The van der Waals surface area contributed by atoms with Gasteiger partial charge in [0.15, 0.2) is 0 Å². The first-order valence-electron chi connectivity index (χ1n) is 8.97. The lowest BCUT2D eigenvalue weighted by Gasteiger charge is -2.37. The lowest BCUT2D eigenvalue weighted by atomic mass is 10.0. The van der Waals surface area contributed by atoms with Crippen LogP contribution in [0.15, 0.2) is 72.8 Å². The fraction of sp³-hybridized carbons (Fsp3) is 0.0476. The van der Waals surface area contributed by atoms with E-state index >= 15 is 0 Å².